The summed E-state index contributed by atoms with van der Waals surface area (Å²) >= 11 is 7.38. The molecule has 0 saturated carbocycles. The van der Waals surface area contributed by atoms with Gasteiger partial charge in [-0.25, -0.2) is 0 Å². The lowest BCUT2D eigenvalue weighted by molar-refractivity contribution is 0.227. The molecule has 0 aliphatic rings. The van der Waals surface area contributed by atoms with Gasteiger partial charge >= 0.3 is 0 Å². The van der Waals surface area contributed by atoms with Gasteiger partial charge in [-0.1, -0.05) is 67.2 Å². The second-order valence-corrected chi connectivity index (χ2v) is 13.9. The molecule has 4 heteroatoms. The van der Waals surface area contributed by atoms with Gasteiger partial charge in [0.15, 0.2) is 0 Å². The molecular formula is C16H35OPS2. The minimum atomic E-state index is -1.09. The van der Waals surface area contributed by atoms with E-state index in [2.05, 4.69) is 55.4 Å². The molecule has 0 amide bonds. The fourth-order valence-corrected chi connectivity index (χ4v) is 6.25. The molecule has 0 fully saturated rings. The summed E-state index contributed by atoms with van der Waals surface area (Å²) in [5.74, 6) is 2.46. The molecule has 0 aliphatic heterocycles. The molecule has 0 rings (SSSR count). The van der Waals surface area contributed by atoms with Crippen molar-refractivity contribution in [3.8, 4) is 0 Å². The first kappa shape index (κ1) is 21.0. The molecule has 0 spiro atoms. The number of rotatable bonds is 8. The highest BCUT2D eigenvalue weighted by Gasteiger charge is 2.17. The first-order chi connectivity index (χ1) is 8.89. The largest absolute Gasteiger partial charge is 0.344 e. The van der Waals surface area contributed by atoms with Gasteiger partial charge in [0, 0.05) is 5.75 Å². The monoisotopic (exact) mass is 338 g/mol. The van der Waals surface area contributed by atoms with Crippen LogP contribution in [0, 0.1) is 22.7 Å². The number of hydrogen-bond acceptors (Lipinski definition) is 3. The molecule has 20 heavy (non-hydrogen) atoms. The molecule has 0 aliphatic carbocycles. The van der Waals surface area contributed by atoms with Gasteiger partial charge in [0.2, 0.25) is 0 Å². The van der Waals surface area contributed by atoms with E-state index in [0.29, 0.717) is 16.7 Å². The normalized spacial score (nSPS) is 17.8. The molecule has 0 aromatic carbocycles. The predicted molar refractivity (Wildman–Crippen MR) is 101 cm³/mol. The van der Waals surface area contributed by atoms with E-state index >= 15 is 0 Å². The van der Waals surface area contributed by atoms with Crippen molar-refractivity contribution in [2.45, 2.75) is 68.2 Å². The van der Waals surface area contributed by atoms with E-state index in [1.54, 1.807) is 0 Å². The van der Waals surface area contributed by atoms with Crippen LogP contribution in [0.4, 0.5) is 0 Å². The highest BCUT2D eigenvalue weighted by Crippen LogP contribution is 2.42. The first-order valence-corrected chi connectivity index (χ1v) is 11.9. The third kappa shape index (κ3) is 13.9. The van der Waals surface area contributed by atoms with Crippen molar-refractivity contribution in [3.05, 3.63) is 0 Å². The number of hydrogen-bond donors (Lipinski definition) is 0. The quantitative estimate of drug-likeness (QED) is 0.475. The lowest BCUT2D eigenvalue weighted by Crippen LogP contribution is -2.14. The zero-order chi connectivity index (χ0) is 16.0. The van der Waals surface area contributed by atoms with Gasteiger partial charge < -0.3 is 4.52 Å². The van der Waals surface area contributed by atoms with Crippen molar-refractivity contribution >= 4 is 29.3 Å². The molecule has 0 aromatic rings. The standard InChI is InChI=1S/C16H35OPS2/c1-13(9-15(3,4)5)11-17-18(19)20-12-14(2)10-16(6,7)8/h13-14,18H,9-12H2,1-8H3. The maximum atomic E-state index is 5.91. The van der Waals surface area contributed by atoms with Crippen molar-refractivity contribution < 1.29 is 4.52 Å². The Morgan fingerprint density at radius 2 is 1.40 bits per heavy atom. The zero-order valence-corrected chi connectivity index (χ0v) is 17.3. The van der Waals surface area contributed by atoms with E-state index in [1.807, 2.05) is 11.4 Å². The van der Waals surface area contributed by atoms with Gasteiger partial charge in [-0.05, 0) is 35.5 Å². The van der Waals surface area contributed by atoms with Crippen molar-refractivity contribution in [1.29, 1.82) is 0 Å². The average Bonchev–Trinajstić information content (AvgIpc) is 2.18. The molecule has 0 heterocycles. The summed E-state index contributed by atoms with van der Waals surface area (Å²) in [4.78, 5) is 0. The van der Waals surface area contributed by atoms with Crippen LogP contribution in [0.5, 0.6) is 0 Å². The van der Waals surface area contributed by atoms with Crippen molar-refractivity contribution in [2.24, 2.45) is 22.7 Å². The van der Waals surface area contributed by atoms with E-state index in [4.69, 9.17) is 16.3 Å². The zero-order valence-electron chi connectivity index (χ0n) is 14.7. The van der Waals surface area contributed by atoms with Gasteiger partial charge in [-0.2, -0.15) is 0 Å². The Kier molecular flexibility index (Phi) is 9.62. The molecule has 122 valence electrons. The van der Waals surface area contributed by atoms with Crippen LogP contribution >= 0.6 is 17.5 Å². The summed E-state index contributed by atoms with van der Waals surface area (Å²) in [5.41, 5.74) is 0.794. The fourth-order valence-electron chi connectivity index (χ4n) is 2.67. The van der Waals surface area contributed by atoms with Gasteiger partial charge in [-0.3, -0.25) is 0 Å². The Balaban J connectivity index is 3.84. The van der Waals surface area contributed by atoms with E-state index in [9.17, 15) is 0 Å². The third-order valence-corrected chi connectivity index (χ3v) is 7.24. The van der Waals surface area contributed by atoms with Crippen molar-refractivity contribution in [1.82, 2.24) is 0 Å². The Bertz CT molecular complexity index is 264. The maximum absolute atomic E-state index is 5.91. The SMILES string of the molecule is CC(CO[PH](=S)SCC(C)CC(C)(C)C)CC(C)(C)C. The highest BCUT2D eigenvalue weighted by atomic mass is 32.9. The van der Waals surface area contributed by atoms with Gasteiger partial charge in [0.05, 0.1) is 6.61 Å². The van der Waals surface area contributed by atoms with Crippen LogP contribution in [0.1, 0.15) is 68.2 Å². The summed E-state index contributed by atoms with van der Waals surface area (Å²) in [6.07, 6.45) is 1.36. The second kappa shape index (κ2) is 9.18. The highest BCUT2D eigenvalue weighted by molar-refractivity contribution is 8.62. The summed E-state index contributed by atoms with van der Waals surface area (Å²) in [7, 11) is 0. The van der Waals surface area contributed by atoms with Gasteiger partial charge in [-0.15, -0.1) is 11.4 Å². The molecule has 1 nitrogen and oxygen atoms in total. The van der Waals surface area contributed by atoms with Crippen molar-refractivity contribution in [3.63, 3.8) is 0 Å². The first-order valence-electron chi connectivity index (χ1n) is 7.68. The van der Waals surface area contributed by atoms with Crippen LogP contribution in [0.25, 0.3) is 0 Å². The van der Waals surface area contributed by atoms with E-state index in [1.165, 1.54) is 12.8 Å². The summed E-state index contributed by atoms with van der Waals surface area (Å²) in [6.45, 7) is 19.2. The summed E-state index contributed by atoms with van der Waals surface area (Å²) < 4.78 is 5.91. The average molecular weight is 339 g/mol. The van der Waals surface area contributed by atoms with Gasteiger partial charge in [0.25, 0.3) is 0 Å². The molecule has 3 atom stereocenters. The van der Waals surface area contributed by atoms with Crippen molar-refractivity contribution in [2.75, 3.05) is 12.4 Å². The molecule has 3 unspecified atom stereocenters. The molecule has 0 radical (unpaired) electrons. The minimum absolute atomic E-state index is 0.380. The Hall–Kier alpha value is 0.960. The molecule has 0 saturated heterocycles. The van der Waals surface area contributed by atoms with Crippen LogP contribution < -0.4 is 0 Å². The Morgan fingerprint density at radius 1 is 0.950 bits per heavy atom. The smallest absolute Gasteiger partial charge is 0.107 e. The second-order valence-electron chi connectivity index (χ2n) is 8.61. The molecule has 0 N–H and O–H groups in total. The Labute approximate surface area is 137 Å². The maximum Gasteiger partial charge on any atom is 0.107 e. The molecule has 0 bridgehead atoms. The van der Waals surface area contributed by atoms with Crippen LogP contribution in [-0.4, -0.2) is 12.4 Å². The summed E-state index contributed by atoms with van der Waals surface area (Å²) in [5, 5.41) is 0. The third-order valence-electron chi connectivity index (χ3n) is 2.89. The van der Waals surface area contributed by atoms with Crippen LogP contribution in [0.15, 0.2) is 0 Å². The van der Waals surface area contributed by atoms with Crippen LogP contribution in [0.2, 0.25) is 0 Å². The predicted octanol–water partition coefficient (Wildman–Crippen LogP) is 6.39. The van der Waals surface area contributed by atoms with E-state index < -0.39 is 6.13 Å². The minimum Gasteiger partial charge on any atom is -0.344 e. The van der Waals surface area contributed by atoms with Crippen LogP contribution in [0.3, 0.4) is 0 Å². The van der Waals surface area contributed by atoms with E-state index in [-0.39, 0.29) is 0 Å². The lowest BCUT2D eigenvalue weighted by atomic mass is 9.86. The Morgan fingerprint density at radius 3 is 1.85 bits per heavy atom. The summed E-state index contributed by atoms with van der Waals surface area (Å²) in [6, 6.07) is 0. The fraction of sp³-hybridized carbons (Fsp3) is 1.00. The van der Waals surface area contributed by atoms with E-state index in [0.717, 1.165) is 18.3 Å². The lowest BCUT2D eigenvalue weighted by Gasteiger charge is -2.24. The topological polar surface area (TPSA) is 9.23 Å². The molecule has 0 aromatic heterocycles. The van der Waals surface area contributed by atoms with Crippen LogP contribution in [-0.2, 0) is 16.3 Å². The molecular weight excluding hydrogens is 303 g/mol. The van der Waals surface area contributed by atoms with Gasteiger partial charge in [0.1, 0.15) is 6.13 Å².